The van der Waals surface area contributed by atoms with Crippen LogP contribution in [0.15, 0.2) is 24.3 Å². The Labute approximate surface area is 103 Å². The highest BCUT2D eigenvalue weighted by Crippen LogP contribution is 2.40. The Balaban J connectivity index is 2.04. The van der Waals surface area contributed by atoms with Crippen LogP contribution in [0.3, 0.4) is 0 Å². The summed E-state index contributed by atoms with van der Waals surface area (Å²) in [7, 11) is 0. The molecule has 2 unspecified atom stereocenters. The molecule has 1 fully saturated rings. The second kappa shape index (κ2) is 4.80. The van der Waals surface area contributed by atoms with Gasteiger partial charge in [-0.3, -0.25) is 0 Å². The van der Waals surface area contributed by atoms with Gasteiger partial charge in [0.05, 0.1) is 0 Å². The van der Waals surface area contributed by atoms with Crippen molar-refractivity contribution < 1.29 is 0 Å². The first kappa shape index (κ1) is 12.0. The summed E-state index contributed by atoms with van der Waals surface area (Å²) in [6.45, 7) is 4.46. The minimum absolute atomic E-state index is 0.279. The third-order valence-corrected chi connectivity index (χ3v) is 5.23. The van der Waals surface area contributed by atoms with Crippen LogP contribution in [0, 0.1) is 6.92 Å². The molecule has 0 aliphatic carbocycles. The van der Waals surface area contributed by atoms with Gasteiger partial charge in [-0.05, 0) is 44.4 Å². The number of hydrogen-bond acceptors (Lipinski definition) is 2. The fourth-order valence-corrected chi connectivity index (χ4v) is 3.74. The molecular formula is C14H21NS. The molecule has 0 saturated carbocycles. The van der Waals surface area contributed by atoms with Gasteiger partial charge in [0.2, 0.25) is 0 Å². The van der Waals surface area contributed by atoms with Gasteiger partial charge in [0.25, 0.3) is 0 Å². The smallest absolute Gasteiger partial charge is 0.0286 e. The van der Waals surface area contributed by atoms with Crippen LogP contribution in [-0.2, 0) is 6.42 Å². The van der Waals surface area contributed by atoms with Crippen LogP contribution in [0.5, 0.6) is 0 Å². The summed E-state index contributed by atoms with van der Waals surface area (Å²) in [4.78, 5) is 0. The summed E-state index contributed by atoms with van der Waals surface area (Å²) >= 11 is 2.05. The molecule has 2 rings (SSSR count). The van der Waals surface area contributed by atoms with Crippen molar-refractivity contribution in [1.82, 2.24) is 0 Å². The molecule has 0 spiro atoms. The number of rotatable bonds is 3. The van der Waals surface area contributed by atoms with Crippen molar-refractivity contribution in [3.05, 3.63) is 35.4 Å². The van der Waals surface area contributed by atoms with Crippen LogP contribution < -0.4 is 5.73 Å². The fraction of sp³-hybridized carbons (Fsp3) is 0.571. The Morgan fingerprint density at radius 2 is 2.31 bits per heavy atom. The first-order chi connectivity index (χ1) is 7.60. The maximum Gasteiger partial charge on any atom is 0.0286 e. The lowest BCUT2D eigenvalue weighted by molar-refractivity contribution is 0.482. The van der Waals surface area contributed by atoms with E-state index >= 15 is 0 Å². The Bertz CT molecular complexity index is 356. The van der Waals surface area contributed by atoms with Crippen molar-refractivity contribution >= 4 is 11.8 Å². The highest BCUT2D eigenvalue weighted by atomic mass is 32.2. The molecule has 2 N–H and O–H groups in total. The molecule has 0 aromatic heterocycles. The predicted octanol–water partition coefficient (Wildman–Crippen LogP) is 3.15. The summed E-state index contributed by atoms with van der Waals surface area (Å²) < 4.78 is 0.295. The molecule has 1 aromatic rings. The van der Waals surface area contributed by atoms with E-state index in [1.165, 1.54) is 29.7 Å². The van der Waals surface area contributed by atoms with Gasteiger partial charge in [-0.2, -0.15) is 11.8 Å². The summed E-state index contributed by atoms with van der Waals surface area (Å²) in [5.74, 6) is 1.28. The van der Waals surface area contributed by atoms with Crippen molar-refractivity contribution in [2.24, 2.45) is 5.73 Å². The van der Waals surface area contributed by atoms with Gasteiger partial charge in [-0.1, -0.05) is 29.8 Å². The molecule has 1 nitrogen and oxygen atoms in total. The second-order valence-corrected chi connectivity index (χ2v) is 6.69. The highest BCUT2D eigenvalue weighted by Gasteiger charge is 2.35. The molecule has 1 heterocycles. The summed E-state index contributed by atoms with van der Waals surface area (Å²) in [6.07, 6.45) is 3.60. The summed E-state index contributed by atoms with van der Waals surface area (Å²) in [6, 6.07) is 8.99. The number of thioether (sulfide) groups is 1. The average molecular weight is 235 g/mol. The third-order valence-electron chi connectivity index (χ3n) is 3.57. The van der Waals surface area contributed by atoms with Gasteiger partial charge in [0, 0.05) is 10.8 Å². The van der Waals surface area contributed by atoms with E-state index in [9.17, 15) is 0 Å². The number of benzene rings is 1. The zero-order valence-electron chi connectivity index (χ0n) is 10.2. The maximum absolute atomic E-state index is 6.37. The molecule has 16 heavy (non-hydrogen) atoms. The second-order valence-electron chi connectivity index (χ2n) is 5.06. The quantitative estimate of drug-likeness (QED) is 0.871. The van der Waals surface area contributed by atoms with Crippen molar-refractivity contribution in [1.29, 1.82) is 0 Å². The standard InChI is InChI=1S/C14H21NS/c1-11-5-3-6-12(9-11)10-13(15)14(2)7-4-8-16-14/h3,5-6,9,13H,4,7-8,10,15H2,1-2H3. The lowest BCUT2D eigenvalue weighted by Gasteiger charge is -2.30. The molecular weight excluding hydrogens is 214 g/mol. The van der Waals surface area contributed by atoms with Gasteiger partial charge in [-0.15, -0.1) is 0 Å². The number of hydrogen-bond donors (Lipinski definition) is 1. The van der Waals surface area contributed by atoms with E-state index < -0.39 is 0 Å². The van der Waals surface area contributed by atoms with Crippen molar-refractivity contribution in [2.75, 3.05) is 5.75 Å². The van der Waals surface area contributed by atoms with Crippen LogP contribution in [-0.4, -0.2) is 16.5 Å². The molecule has 88 valence electrons. The topological polar surface area (TPSA) is 26.0 Å². The maximum atomic E-state index is 6.37. The van der Waals surface area contributed by atoms with Gasteiger partial charge >= 0.3 is 0 Å². The molecule has 1 saturated heterocycles. The van der Waals surface area contributed by atoms with Crippen LogP contribution in [0.25, 0.3) is 0 Å². The molecule has 0 radical (unpaired) electrons. The Morgan fingerprint density at radius 1 is 1.50 bits per heavy atom. The highest BCUT2D eigenvalue weighted by molar-refractivity contribution is 8.00. The van der Waals surface area contributed by atoms with E-state index in [-0.39, 0.29) is 6.04 Å². The van der Waals surface area contributed by atoms with E-state index in [0.29, 0.717) is 4.75 Å². The Kier molecular flexibility index (Phi) is 3.60. The monoisotopic (exact) mass is 235 g/mol. The van der Waals surface area contributed by atoms with Crippen molar-refractivity contribution in [3.8, 4) is 0 Å². The Hall–Kier alpha value is -0.470. The van der Waals surface area contributed by atoms with Gasteiger partial charge in [0.1, 0.15) is 0 Å². The van der Waals surface area contributed by atoms with E-state index in [1.54, 1.807) is 0 Å². The van der Waals surface area contributed by atoms with Gasteiger partial charge < -0.3 is 5.73 Å². The molecule has 2 heteroatoms. The fourth-order valence-electron chi connectivity index (χ4n) is 2.40. The minimum atomic E-state index is 0.279. The molecule has 1 aliphatic rings. The largest absolute Gasteiger partial charge is 0.326 e. The van der Waals surface area contributed by atoms with Crippen LogP contribution in [0.4, 0.5) is 0 Å². The van der Waals surface area contributed by atoms with E-state index in [2.05, 4.69) is 49.9 Å². The van der Waals surface area contributed by atoms with Gasteiger partial charge in [-0.25, -0.2) is 0 Å². The third kappa shape index (κ3) is 2.61. The molecule has 1 aromatic carbocycles. The first-order valence-electron chi connectivity index (χ1n) is 6.05. The zero-order chi connectivity index (χ0) is 11.6. The first-order valence-corrected chi connectivity index (χ1v) is 7.04. The van der Waals surface area contributed by atoms with E-state index in [4.69, 9.17) is 5.73 Å². The SMILES string of the molecule is Cc1cccc(CC(N)C2(C)CCCS2)c1. The lowest BCUT2D eigenvalue weighted by atomic mass is 9.91. The molecule has 1 aliphatic heterocycles. The minimum Gasteiger partial charge on any atom is -0.326 e. The van der Waals surface area contributed by atoms with Gasteiger partial charge in [0.15, 0.2) is 0 Å². The van der Waals surface area contributed by atoms with Crippen LogP contribution in [0.1, 0.15) is 30.9 Å². The predicted molar refractivity (Wildman–Crippen MR) is 73.0 cm³/mol. The van der Waals surface area contributed by atoms with Crippen LogP contribution in [0.2, 0.25) is 0 Å². The van der Waals surface area contributed by atoms with Crippen LogP contribution >= 0.6 is 11.8 Å². The average Bonchev–Trinajstić information content (AvgIpc) is 2.66. The normalized spacial score (nSPS) is 26.9. The van der Waals surface area contributed by atoms with E-state index in [0.717, 1.165) is 6.42 Å². The van der Waals surface area contributed by atoms with Crippen molar-refractivity contribution in [2.45, 2.75) is 43.9 Å². The molecule has 0 bridgehead atoms. The zero-order valence-corrected chi connectivity index (χ0v) is 11.0. The van der Waals surface area contributed by atoms with E-state index in [1.807, 2.05) is 0 Å². The Morgan fingerprint density at radius 3 is 2.94 bits per heavy atom. The number of aryl methyl sites for hydroxylation is 1. The van der Waals surface area contributed by atoms with Crippen molar-refractivity contribution in [3.63, 3.8) is 0 Å². The summed E-state index contributed by atoms with van der Waals surface area (Å²) in [5.41, 5.74) is 9.08. The lowest BCUT2D eigenvalue weighted by Crippen LogP contribution is -2.42. The number of nitrogens with two attached hydrogens (primary N) is 1. The molecule has 0 amide bonds. The molecule has 2 atom stereocenters. The summed E-state index contributed by atoms with van der Waals surface area (Å²) in [5, 5.41) is 0.